The van der Waals surface area contributed by atoms with E-state index in [1.807, 2.05) is 13.8 Å². The average Bonchev–Trinajstić information content (AvgIpc) is 2.60. The molecule has 0 aromatic heterocycles. The van der Waals surface area contributed by atoms with Gasteiger partial charge in [0.15, 0.2) is 0 Å². The molecule has 0 radical (unpaired) electrons. The van der Waals surface area contributed by atoms with Crippen LogP contribution in [0.5, 0.6) is 0 Å². The Kier molecular flexibility index (Phi) is 6.38. The molecular formula is C16H24N4O4S. The summed E-state index contributed by atoms with van der Waals surface area (Å²) >= 11 is 0. The monoisotopic (exact) mass is 368 g/mol. The lowest BCUT2D eigenvalue weighted by Gasteiger charge is -2.34. The minimum absolute atomic E-state index is 0.141. The zero-order valence-electron chi connectivity index (χ0n) is 14.4. The van der Waals surface area contributed by atoms with Crippen LogP contribution in [0.25, 0.3) is 0 Å². The van der Waals surface area contributed by atoms with Crippen LogP contribution in [0, 0.1) is 0 Å². The summed E-state index contributed by atoms with van der Waals surface area (Å²) in [6, 6.07) is 5.07. The smallest absolute Gasteiger partial charge is 0.322 e. The van der Waals surface area contributed by atoms with E-state index < -0.39 is 16.1 Å². The van der Waals surface area contributed by atoms with Crippen molar-refractivity contribution in [2.45, 2.75) is 37.6 Å². The molecule has 0 bridgehead atoms. The van der Waals surface area contributed by atoms with Crippen molar-refractivity contribution in [3.05, 3.63) is 24.3 Å². The van der Waals surface area contributed by atoms with Crippen LogP contribution < -0.4 is 15.4 Å². The maximum absolute atomic E-state index is 12.4. The van der Waals surface area contributed by atoms with Crippen LogP contribution in [-0.4, -0.2) is 50.9 Å². The molecule has 0 spiro atoms. The molecule has 1 aromatic rings. The molecule has 1 aliphatic rings. The number of sulfonamides is 1. The molecule has 1 saturated heterocycles. The molecule has 3 amide bonds. The van der Waals surface area contributed by atoms with Gasteiger partial charge in [-0.2, -0.15) is 0 Å². The number of nitrogens with one attached hydrogen (secondary N) is 3. The molecule has 3 N–H and O–H groups in total. The van der Waals surface area contributed by atoms with E-state index in [0.29, 0.717) is 38.2 Å². The third-order valence-electron chi connectivity index (χ3n) is 3.94. The van der Waals surface area contributed by atoms with E-state index >= 15 is 0 Å². The van der Waals surface area contributed by atoms with Crippen LogP contribution >= 0.6 is 0 Å². The number of carbonyl (C=O) groups is 2. The van der Waals surface area contributed by atoms with Crippen molar-refractivity contribution < 1.29 is 18.0 Å². The van der Waals surface area contributed by atoms with Crippen molar-refractivity contribution in [3.63, 3.8) is 0 Å². The minimum Gasteiger partial charge on any atom is -0.353 e. The van der Waals surface area contributed by atoms with Gasteiger partial charge in [-0.15, -0.1) is 0 Å². The van der Waals surface area contributed by atoms with Crippen LogP contribution in [0.4, 0.5) is 10.5 Å². The first-order chi connectivity index (χ1) is 11.9. The molecule has 1 aliphatic heterocycles. The standard InChI is InChI=1S/C16H24N4O4S/c1-3-9-18-25(23,24)13-7-5-12(6-8-13)19-16(22)20-11-10-17-15(21)14(20)4-2/h5-8,14,18H,3-4,9-11H2,1-2H3,(H,17,21)(H,19,22)/t14-/m0/s1. The fraction of sp³-hybridized carbons (Fsp3) is 0.500. The third-order valence-corrected chi connectivity index (χ3v) is 5.41. The van der Waals surface area contributed by atoms with E-state index in [1.54, 1.807) is 0 Å². The van der Waals surface area contributed by atoms with E-state index in [-0.39, 0.29) is 16.8 Å². The van der Waals surface area contributed by atoms with Gasteiger partial charge in [0.05, 0.1) is 4.90 Å². The quantitative estimate of drug-likeness (QED) is 0.699. The van der Waals surface area contributed by atoms with Crippen molar-refractivity contribution in [3.8, 4) is 0 Å². The number of rotatable bonds is 6. The Labute approximate surface area is 148 Å². The molecule has 1 heterocycles. The van der Waals surface area contributed by atoms with Crippen molar-refractivity contribution in [1.82, 2.24) is 14.9 Å². The number of hydrogen-bond acceptors (Lipinski definition) is 4. The molecule has 1 aromatic carbocycles. The Bertz CT molecular complexity index is 718. The van der Waals surface area contributed by atoms with Gasteiger partial charge in [0, 0.05) is 25.3 Å². The normalized spacial score (nSPS) is 17.9. The van der Waals surface area contributed by atoms with Crippen LogP contribution in [0.15, 0.2) is 29.2 Å². The van der Waals surface area contributed by atoms with Crippen LogP contribution in [-0.2, 0) is 14.8 Å². The maximum atomic E-state index is 12.4. The lowest BCUT2D eigenvalue weighted by molar-refractivity contribution is -0.127. The molecule has 0 unspecified atom stereocenters. The second-order valence-corrected chi connectivity index (χ2v) is 7.53. The molecule has 2 rings (SSSR count). The maximum Gasteiger partial charge on any atom is 0.322 e. The summed E-state index contributed by atoms with van der Waals surface area (Å²) in [6.45, 7) is 4.95. The SMILES string of the molecule is CCCNS(=O)(=O)c1ccc(NC(=O)N2CCNC(=O)[C@@H]2CC)cc1. The second-order valence-electron chi connectivity index (χ2n) is 5.76. The number of piperazine rings is 1. The summed E-state index contributed by atoms with van der Waals surface area (Å²) in [5, 5.41) is 5.45. The van der Waals surface area contributed by atoms with Gasteiger partial charge in [-0.25, -0.2) is 17.9 Å². The zero-order chi connectivity index (χ0) is 18.4. The van der Waals surface area contributed by atoms with E-state index in [2.05, 4.69) is 15.4 Å². The number of benzene rings is 1. The summed E-state index contributed by atoms with van der Waals surface area (Å²) < 4.78 is 26.6. The number of anilines is 1. The highest BCUT2D eigenvalue weighted by Crippen LogP contribution is 2.16. The molecule has 138 valence electrons. The number of nitrogens with zero attached hydrogens (tertiary/aromatic N) is 1. The highest BCUT2D eigenvalue weighted by atomic mass is 32.2. The highest BCUT2D eigenvalue weighted by molar-refractivity contribution is 7.89. The predicted octanol–water partition coefficient (Wildman–Crippen LogP) is 1.12. The van der Waals surface area contributed by atoms with Crippen LogP contribution in [0.1, 0.15) is 26.7 Å². The van der Waals surface area contributed by atoms with E-state index in [1.165, 1.54) is 29.2 Å². The fourth-order valence-electron chi connectivity index (χ4n) is 2.60. The summed E-state index contributed by atoms with van der Waals surface area (Å²) in [7, 11) is -3.53. The molecule has 25 heavy (non-hydrogen) atoms. The minimum atomic E-state index is -3.53. The number of urea groups is 1. The Morgan fingerprint density at radius 3 is 2.56 bits per heavy atom. The first kappa shape index (κ1) is 19.2. The molecule has 0 saturated carbocycles. The Hall–Kier alpha value is -2.13. The molecular weight excluding hydrogens is 344 g/mol. The van der Waals surface area contributed by atoms with E-state index in [9.17, 15) is 18.0 Å². The number of carbonyl (C=O) groups excluding carboxylic acids is 2. The summed E-state index contributed by atoms with van der Waals surface area (Å²) in [5.41, 5.74) is 0.472. The molecule has 8 nitrogen and oxygen atoms in total. The van der Waals surface area contributed by atoms with Gasteiger partial charge in [-0.1, -0.05) is 13.8 Å². The van der Waals surface area contributed by atoms with Crippen molar-refractivity contribution >= 4 is 27.6 Å². The largest absolute Gasteiger partial charge is 0.353 e. The zero-order valence-corrected chi connectivity index (χ0v) is 15.2. The lowest BCUT2D eigenvalue weighted by Crippen LogP contribution is -2.57. The van der Waals surface area contributed by atoms with E-state index in [4.69, 9.17) is 0 Å². The average molecular weight is 368 g/mol. The topological polar surface area (TPSA) is 108 Å². The molecule has 1 fully saturated rings. The van der Waals surface area contributed by atoms with Crippen LogP contribution in [0.2, 0.25) is 0 Å². The predicted molar refractivity (Wildman–Crippen MR) is 94.7 cm³/mol. The van der Waals surface area contributed by atoms with Gasteiger partial charge in [-0.05, 0) is 37.1 Å². The van der Waals surface area contributed by atoms with Crippen molar-refractivity contribution in [2.75, 3.05) is 25.0 Å². The number of hydrogen-bond donors (Lipinski definition) is 3. The molecule has 9 heteroatoms. The van der Waals surface area contributed by atoms with Crippen molar-refractivity contribution in [2.24, 2.45) is 0 Å². The Morgan fingerprint density at radius 2 is 1.96 bits per heavy atom. The van der Waals surface area contributed by atoms with E-state index in [0.717, 1.165) is 0 Å². The summed E-state index contributed by atoms with van der Waals surface area (Å²) in [6.07, 6.45) is 1.23. The van der Waals surface area contributed by atoms with Crippen molar-refractivity contribution in [1.29, 1.82) is 0 Å². The first-order valence-electron chi connectivity index (χ1n) is 8.34. The molecule has 1 atom stereocenters. The van der Waals surface area contributed by atoms with Gasteiger partial charge >= 0.3 is 6.03 Å². The van der Waals surface area contributed by atoms with Gasteiger partial charge in [0.1, 0.15) is 6.04 Å². The third kappa shape index (κ3) is 4.70. The summed E-state index contributed by atoms with van der Waals surface area (Å²) in [4.78, 5) is 25.9. The van der Waals surface area contributed by atoms with Gasteiger partial charge < -0.3 is 15.5 Å². The molecule has 0 aliphatic carbocycles. The van der Waals surface area contributed by atoms with Gasteiger partial charge in [0.25, 0.3) is 0 Å². The lowest BCUT2D eigenvalue weighted by atomic mass is 10.1. The Morgan fingerprint density at radius 1 is 1.28 bits per heavy atom. The summed E-state index contributed by atoms with van der Waals surface area (Å²) in [5.74, 6) is -0.160. The van der Waals surface area contributed by atoms with Gasteiger partial charge in [0.2, 0.25) is 15.9 Å². The number of amides is 3. The Balaban J connectivity index is 2.05. The van der Waals surface area contributed by atoms with Gasteiger partial charge in [-0.3, -0.25) is 4.79 Å². The first-order valence-corrected chi connectivity index (χ1v) is 9.82. The fourth-order valence-corrected chi connectivity index (χ4v) is 3.73. The second kappa shape index (κ2) is 8.30. The van der Waals surface area contributed by atoms with Crippen LogP contribution in [0.3, 0.4) is 0 Å². The highest BCUT2D eigenvalue weighted by Gasteiger charge is 2.31.